The Kier molecular flexibility index (Phi) is 7.26. The van der Waals surface area contributed by atoms with Crippen molar-refractivity contribution in [3.63, 3.8) is 0 Å². The number of benzene rings is 2. The minimum absolute atomic E-state index is 0.0207. The first-order valence-electron chi connectivity index (χ1n) is 9.39. The number of aromatic nitrogens is 1. The molecule has 1 aromatic heterocycles. The molecule has 8 nitrogen and oxygen atoms in total. The zero-order valence-corrected chi connectivity index (χ0v) is 19.2. The number of carbonyl (C=O) groups excluding carboxylic acids is 2. The van der Waals surface area contributed by atoms with E-state index in [2.05, 4.69) is 20.9 Å². The molecule has 2 aromatic carbocycles. The van der Waals surface area contributed by atoms with Crippen LogP contribution >= 0.6 is 22.9 Å². The Morgan fingerprint density at radius 3 is 2.61 bits per heavy atom. The number of nitrogens with zero attached hydrogens (tertiary/aromatic N) is 1. The van der Waals surface area contributed by atoms with Crippen LogP contribution in [0.15, 0.2) is 47.4 Å². The maximum absolute atomic E-state index is 12.5. The molecular weight excluding hydrogens is 460 g/mol. The summed E-state index contributed by atoms with van der Waals surface area (Å²) in [7, 11) is -3.45. The summed E-state index contributed by atoms with van der Waals surface area (Å²) in [6, 6.07) is 10.4. The second-order valence-electron chi connectivity index (χ2n) is 6.96. The maximum atomic E-state index is 12.5. The van der Waals surface area contributed by atoms with Crippen molar-refractivity contribution in [2.45, 2.75) is 24.8 Å². The van der Waals surface area contributed by atoms with Crippen molar-refractivity contribution in [3.05, 3.63) is 53.1 Å². The van der Waals surface area contributed by atoms with Crippen LogP contribution in [-0.2, 0) is 9.84 Å². The number of hydrogen-bond acceptors (Lipinski definition) is 7. The Labute approximate surface area is 188 Å². The molecule has 3 amide bonds. The highest BCUT2D eigenvalue weighted by Gasteiger charge is 2.18. The molecule has 1 heterocycles. The molecule has 3 rings (SSSR count). The van der Waals surface area contributed by atoms with Crippen LogP contribution in [0.25, 0.3) is 10.2 Å². The van der Waals surface area contributed by atoms with E-state index >= 15 is 0 Å². The summed E-state index contributed by atoms with van der Waals surface area (Å²) >= 11 is 7.07. The van der Waals surface area contributed by atoms with E-state index in [0.717, 1.165) is 11.3 Å². The fourth-order valence-corrected chi connectivity index (χ4v) is 5.09. The SMILES string of the molecule is CC(C)NCCS(=O)(=O)c1ccc2nc(NC(=O)NC(=O)c3ccccc3Cl)sc2c1. The van der Waals surface area contributed by atoms with Crippen LogP contribution in [0.2, 0.25) is 5.02 Å². The lowest BCUT2D eigenvalue weighted by molar-refractivity contribution is 0.0967. The Balaban J connectivity index is 1.69. The van der Waals surface area contributed by atoms with Gasteiger partial charge in [0.05, 0.1) is 31.5 Å². The third-order valence-corrected chi connectivity index (χ3v) is 7.19. The van der Waals surface area contributed by atoms with Crippen molar-refractivity contribution in [1.82, 2.24) is 15.6 Å². The van der Waals surface area contributed by atoms with E-state index in [1.54, 1.807) is 24.3 Å². The normalized spacial score (nSPS) is 11.6. The Morgan fingerprint density at radius 2 is 1.90 bits per heavy atom. The molecule has 164 valence electrons. The van der Waals surface area contributed by atoms with E-state index in [4.69, 9.17) is 11.6 Å². The predicted molar refractivity (Wildman–Crippen MR) is 123 cm³/mol. The number of carbonyl (C=O) groups is 2. The Hall–Kier alpha value is -2.53. The van der Waals surface area contributed by atoms with Crippen molar-refractivity contribution in [3.8, 4) is 0 Å². The molecule has 0 fully saturated rings. The highest BCUT2D eigenvalue weighted by Crippen LogP contribution is 2.28. The van der Waals surface area contributed by atoms with Gasteiger partial charge < -0.3 is 5.32 Å². The van der Waals surface area contributed by atoms with Crippen molar-refractivity contribution in [2.24, 2.45) is 0 Å². The van der Waals surface area contributed by atoms with Gasteiger partial charge in [-0.25, -0.2) is 18.2 Å². The Bertz CT molecular complexity index is 1220. The summed E-state index contributed by atoms with van der Waals surface area (Å²) in [5, 5.41) is 8.22. The van der Waals surface area contributed by atoms with E-state index in [9.17, 15) is 18.0 Å². The average Bonchev–Trinajstić information content (AvgIpc) is 3.08. The third-order valence-electron chi connectivity index (χ3n) is 4.21. The van der Waals surface area contributed by atoms with Gasteiger partial charge in [-0.3, -0.25) is 15.4 Å². The van der Waals surface area contributed by atoms with Gasteiger partial charge in [-0.05, 0) is 30.3 Å². The predicted octanol–water partition coefficient (Wildman–Crippen LogP) is 3.68. The first kappa shape index (κ1) is 23.1. The number of imide groups is 1. The molecular formula is C20H21ClN4O4S2. The van der Waals surface area contributed by atoms with Gasteiger partial charge in [-0.2, -0.15) is 0 Å². The van der Waals surface area contributed by atoms with E-state index in [1.807, 2.05) is 13.8 Å². The average molecular weight is 481 g/mol. The van der Waals surface area contributed by atoms with Crippen molar-refractivity contribution in [2.75, 3.05) is 17.6 Å². The summed E-state index contributed by atoms with van der Waals surface area (Å²) in [6.07, 6.45) is 0. The number of rotatable bonds is 7. The molecule has 0 bridgehead atoms. The number of amides is 3. The lowest BCUT2D eigenvalue weighted by atomic mass is 10.2. The Morgan fingerprint density at radius 1 is 1.16 bits per heavy atom. The van der Waals surface area contributed by atoms with Gasteiger partial charge >= 0.3 is 6.03 Å². The summed E-state index contributed by atoms with van der Waals surface area (Å²) in [5.41, 5.74) is 0.711. The minimum atomic E-state index is -3.45. The molecule has 0 unspecified atom stereocenters. The molecule has 0 radical (unpaired) electrons. The molecule has 0 aliphatic carbocycles. The number of fused-ring (bicyclic) bond motifs is 1. The van der Waals surface area contributed by atoms with Crippen LogP contribution in [0.5, 0.6) is 0 Å². The van der Waals surface area contributed by atoms with Gasteiger partial charge in [0.15, 0.2) is 15.0 Å². The molecule has 0 saturated heterocycles. The number of urea groups is 1. The zero-order chi connectivity index (χ0) is 22.6. The molecule has 3 aromatic rings. The highest BCUT2D eigenvalue weighted by atomic mass is 35.5. The quantitative estimate of drug-likeness (QED) is 0.474. The number of halogens is 1. The maximum Gasteiger partial charge on any atom is 0.327 e. The van der Waals surface area contributed by atoms with E-state index in [1.165, 1.54) is 18.2 Å². The number of thiazole rings is 1. The summed E-state index contributed by atoms with van der Waals surface area (Å²) in [4.78, 5) is 28.8. The van der Waals surface area contributed by atoms with Gasteiger partial charge in [0.1, 0.15) is 0 Å². The number of anilines is 1. The summed E-state index contributed by atoms with van der Waals surface area (Å²) in [5.74, 6) is -0.666. The second-order valence-corrected chi connectivity index (χ2v) is 10.5. The van der Waals surface area contributed by atoms with Gasteiger partial charge in [0.2, 0.25) is 0 Å². The molecule has 31 heavy (non-hydrogen) atoms. The van der Waals surface area contributed by atoms with Crippen LogP contribution in [-0.4, -0.2) is 43.7 Å². The first-order chi connectivity index (χ1) is 14.7. The van der Waals surface area contributed by atoms with Gasteiger partial charge in [0.25, 0.3) is 5.91 Å². The first-order valence-corrected chi connectivity index (χ1v) is 12.2. The van der Waals surface area contributed by atoms with Crippen LogP contribution in [0.4, 0.5) is 9.93 Å². The molecule has 0 atom stereocenters. The third kappa shape index (κ3) is 6.01. The van der Waals surface area contributed by atoms with Gasteiger partial charge in [0, 0.05) is 12.6 Å². The van der Waals surface area contributed by atoms with Crippen LogP contribution in [0.1, 0.15) is 24.2 Å². The highest BCUT2D eigenvalue weighted by molar-refractivity contribution is 7.91. The van der Waals surface area contributed by atoms with Gasteiger partial charge in [-0.1, -0.05) is 48.9 Å². The monoisotopic (exact) mass is 480 g/mol. The molecule has 0 spiro atoms. The van der Waals surface area contributed by atoms with Crippen LogP contribution < -0.4 is 16.0 Å². The molecule has 0 aliphatic heterocycles. The lowest BCUT2D eigenvalue weighted by Crippen LogP contribution is -2.34. The standard InChI is InChI=1S/C20H21ClN4O4S2/c1-12(2)22-9-10-31(28,29)13-7-8-16-17(11-13)30-20(23-16)25-19(27)24-18(26)14-5-3-4-6-15(14)21/h3-8,11-12,22H,9-10H2,1-2H3,(H2,23,24,25,26,27). The lowest BCUT2D eigenvalue weighted by Gasteiger charge is -2.08. The number of nitrogens with one attached hydrogen (secondary N) is 3. The largest absolute Gasteiger partial charge is 0.327 e. The van der Waals surface area contributed by atoms with Crippen molar-refractivity contribution < 1.29 is 18.0 Å². The molecule has 11 heteroatoms. The second kappa shape index (κ2) is 9.73. The minimum Gasteiger partial charge on any atom is -0.314 e. The summed E-state index contributed by atoms with van der Waals surface area (Å²) in [6.45, 7) is 4.25. The molecule has 0 saturated carbocycles. The van der Waals surface area contributed by atoms with E-state index in [-0.39, 0.29) is 32.4 Å². The van der Waals surface area contributed by atoms with Crippen LogP contribution in [0, 0.1) is 0 Å². The smallest absolute Gasteiger partial charge is 0.314 e. The molecule has 0 aliphatic rings. The van der Waals surface area contributed by atoms with Crippen molar-refractivity contribution >= 4 is 60.1 Å². The van der Waals surface area contributed by atoms with Gasteiger partial charge in [-0.15, -0.1) is 0 Å². The fourth-order valence-electron chi connectivity index (χ4n) is 2.70. The van der Waals surface area contributed by atoms with E-state index in [0.29, 0.717) is 16.8 Å². The zero-order valence-electron chi connectivity index (χ0n) is 16.8. The fraction of sp³-hybridized carbons (Fsp3) is 0.250. The number of hydrogen-bond donors (Lipinski definition) is 3. The molecule has 3 N–H and O–H groups in total. The number of sulfone groups is 1. The van der Waals surface area contributed by atoms with Crippen LogP contribution in [0.3, 0.4) is 0 Å². The van der Waals surface area contributed by atoms with E-state index < -0.39 is 21.8 Å². The van der Waals surface area contributed by atoms with Crippen molar-refractivity contribution in [1.29, 1.82) is 0 Å². The topological polar surface area (TPSA) is 117 Å². The summed E-state index contributed by atoms with van der Waals surface area (Å²) < 4.78 is 25.7.